The molecule has 0 amide bonds. The van der Waals surface area contributed by atoms with Crippen LogP contribution in [0.15, 0.2) is 42.7 Å². The lowest BCUT2D eigenvalue weighted by Gasteiger charge is -2.14. The molecule has 6 heteroatoms. The first-order valence-corrected chi connectivity index (χ1v) is 7.27. The molecule has 1 aromatic carbocycles. The number of halogens is 2. The molecule has 2 N–H and O–H groups in total. The van der Waals surface area contributed by atoms with Crippen molar-refractivity contribution in [2.24, 2.45) is 0 Å². The summed E-state index contributed by atoms with van der Waals surface area (Å²) in [6.07, 6.45) is 2.83. The Morgan fingerprint density at radius 3 is 2.71 bits per heavy atom. The van der Waals surface area contributed by atoms with Gasteiger partial charge in [-0.2, -0.15) is 0 Å². The van der Waals surface area contributed by atoms with E-state index >= 15 is 0 Å². The average Bonchev–Trinajstić information content (AvgIpc) is 2.50. The molecule has 0 saturated carbocycles. The number of benzene rings is 1. The zero-order valence-corrected chi connectivity index (χ0v) is 12.8. The quantitative estimate of drug-likeness (QED) is 0.821. The lowest BCUT2D eigenvalue weighted by atomic mass is 10.2. The summed E-state index contributed by atoms with van der Waals surface area (Å²) in [6, 6.07) is 8.98. The fourth-order valence-electron chi connectivity index (χ4n) is 1.72. The number of rotatable bonds is 7. The van der Waals surface area contributed by atoms with Gasteiger partial charge in [0.2, 0.25) is 0 Å². The molecule has 1 atom stereocenters. The van der Waals surface area contributed by atoms with Crippen LogP contribution in [0.25, 0.3) is 0 Å². The number of hydrogen-bond donors (Lipinski definition) is 2. The molecule has 0 aliphatic rings. The Bertz CT molecular complexity index is 567. The van der Waals surface area contributed by atoms with Gasteiger partial charge in [-0.15, -0.1) is 0 Å². The van der Waals surface area contributed by atoms with Gasteiger partial charge in [0.25, 0.3) is 0 Å². The molecule has 2 rings (SSSR count). The number of nitrogens with zero attached hydrogens (tertiary/aromatic N) is 1. The summed E-state index contributed by atoms with van der Waals surface area (Å²) in [5.41, 5.74) is 1.11. The van der Waals surface area contributed by atoms with Crippen LogP contribution in [0.5, 0.6) is 5.75 Å². The molecule has 1 aromatic heterocycles. The zero-order chi connectivity index (χ0) is 15.1. The maximum Gasteiger partial charge on any atom is 0.139 e. The van der Waals surface area contributed by atoms with Crippen molar-refractivity contribution in [3.63, 3.8) is 0 Å². The van der Waals surface area contributed by atoms with E-state index in [1.807, 2.05) is 12.1 Å². The summed E-state index contributed by atoms with van der Waals surface area (Å²) >= 11 is 11.9. The van der Waals surface area contributed by atoms with E-state index in [1.165, 1.54) is 0 Å². The van der Waals surface area contributed by atoms with E-state index in [0.717, 1.165) is 5.56 Å². The Morgan fingerprint density at radius 1 is 1.19 bits per heavy atom. The number of ether oxygens (including phenoxy) is 1. The third-order valence-corrected chi connectivity index (χ3v) is 3.61. The minimum Gasteiger partial charge on any atom is -0.489 e. The number of aliphatic hydroxyl groups is 1. The van der Waals surface area contributed by atoms with Gasteiger partial charge in [0, 0.05) is 25.5 Å². The SMILES string of the molecule is OC(CNCc1ccncc1)COc1cccc(Cl)c1Cl. The first kappa shape index (κ1) is 16.0. The lowest BCUT2D eigenvalue weighted by Crippen LogP contribution is -2.31. The molecule has 21 heavy (non-hydrogen) atoms. The summed E-state index contributed by atoms with van der Waals surface area (Å²) in [7, 11) is 0. The molecule has 0 aliphatic carbocycles. The van der Waals surface area contributed by atoms with Crippen molar-refractivity contribution in [2.45, 2.75) is 12.6 Å². The van der Waals surface area contributed by atoms with Gasteiger partial charge in [0.1, 0.15) is 23.5 Å². The van der Waals surface area contributed by atoms with Gasteiger partial charge in [0.15, 0.2) is 0 Å². The van der Waals surface area contributed by atoms with Crippen LogP contribution in [0.1, 0.15) is 5.56 Å². The minimum absolute atomic E-state index is 0.142. The van der Waals surface area contributed by atoms with E-state index in [4.69, 9.17) is 27.9 Å². The first-order chi connectivity index (χ1) is 10.2. The molecule has 112 valence electrons. The second-order valence-electron chi connectivity index (χ2n) is 4.50. The Morgan fingerprint density at radius 2 is 1.95 bits per heavy atom. The topological polar surface area (TPSA) is 54.4 Å². The second kappa shape index (κ2) is 8.20. The van der Waals surface area contributed by atoms with Gasteiger partial charge >= 0.3 is 0 Å². The molecule has 0 radical (unpaired) electrons. The Labute approximate surface area is 133 Å². The molecule has 0 spiro atoms. The van der Waals surface area contributed by atoms with Crippen molar-refractivity contribution in [1.29, 1.82) is 0 Å². The summed E-state index contributed by atoms with van der Waals surface area (Å²) in [5.74, 6) is 0.470. The number of nitrogens with one attached hydrogen (secondary N) is 1. The monoisotopic (exact) mass is 326 g/mol. The average molecular weight is 327 g/mol. The summed E-state index contributed by atoms with van der Waals surface area (Å²) in [5, 5.41) is 13.8. The Balaban J connectivity index is 1.72. The van der Waals surface area contributed by atoms with E-state index < -0.39 is 6.10 Å². The van der Waals surface area contributed by atoms with Gasteiger partial charge in [-0.25, -0.2) is 0 Å². The van der Waals surface area contributed by atoms with E-state index in [0.29, 0.717) is 28.9 Å². The van der Waals surface area contributed by atoms with Crippen LogP contribution in [-0.2, 0) is 6.54 Å². The van der Waals surface area contributed by atoms with Crippen molar-refractivity contribution >= 4 is 23.2 Å². The van der Waals surface area contributed by atoms with E-state index in [-0.39, 0.29) is 6.61 Å². The van der Waals surface area contributed by atoms with E-state index in [2.05, 4.69) is 10.3 Å². The van der Waals surface area contributed by atoms with Gasteiger partial charge in [0.05, 0.1) is 5.02 Å². The van der Waals surface area contributed by atoms with Crippen LogP contribution in [-0.4, -0.2) is 29.3 Å². The standard InChI is InChI=1S/C15H16Cl2N2O2/c16-13-2-1-3-14(15(13)17)21-10-12(20)9-19-8-11-4-6-18-7-5-11/h1-7,12,19-20H,8-10H2. The van der Waals surface area contributed by atoms with Crippen molar-refractivity contribution < 1.29 is 9.84 Å². The van der Waals surface area contributed by atoms with Gasteiger partial charge in [-0.05, 0) is 29.8 Å². The van der Waals surface area contributed by atoms with Gasteiger partial charge in [-0.3, -0.25) is 4.98 Å². The molecule has 0 bridgehead atoms. The van der Waals surface area contributed by atoms with Gasteiger partial charge in [-0.1, -0.05) is 29.3 Å². The first-order valence-electron chi connectivity index (χ1n) is 6.51. The largest absolute Gasteiger partial charge is 0.489 e. The molecular formula is C15H16Cl2N2O2. The highest BCUT2D eigenvalue weighted by Gasteiger charge is 2.09. The van der Waals surface area contributed by atoms with Crippen LogP contribution in [0.3, 0.4) is 0 Å². The maximum atomic E-state index is 9.87. The maximum absolute atomic E-state index is 9.87. The number of pyridine rings is 1. The smallest absolute Gasteiger partial charge is 0.139 e. The predicted octanol–water partition coefficient (Wildman–Crippen LogP) is 2.92. The fourth-order valence-corrected chi connectivity index (χ4v) is 2.07. The molecule has 0 aliphatic heterocycles. The highest BCUT2D eigenvalue weighted by Crippen LogP contribution is 2.31. The zero-order valence-electron chi connectivity index (χ0n) is 11.3. The molecule has 1 heterocycles. The van der Waals surface area contributed by atoms with Crippen LogP contribution >= 0.6 is 23.2 Å². The van der Waals surface area contributed by atoms with Crippen LogP contribution in [0.4, 0.5) is 0 Å². The molecule has 0 saturated heterocycles. The molecule has 2 aromatic rings. The minimum atomic E-state index is -0.637. The summed E-state index contributed by atoms with van der Waals surface area (Å²) in [6.45, 7) is 1.22. The second-order valence-corrected chi connectivity index (χ2v) is 5.29. The summed E-state index contributed by atoms with van der Waals surface area (Å²) in [4.78, 5) is 3.95. The van der Waals surface area contributed by atoms with E-state index in [9.17, 15) is 5.11 Å². The van der Waals surface area contributed by atoms with Crippen molar-refractivity contribution in [1.82, 2.24) is 10.3 Å². The molecule has 4 nitrogen and oxygen atoms in total. The summed E-state index contributed by atoms with van der Waals surface area (Å²) < 4.78 is 5.47. The Hall–Kier alpha value is -1.33. The van der Waals surface area contributed by atoms with Crippen molar-refractivity contribution in [3.05, 3.63) is 58.3 Å². The van der Waals surface area contributed by atoms with Crippen molar-refractivity contribution in [2.75, 3.05) is 13.2 Å². The highest BCUT2D eigenvalue weighted by molar-refractivity contribution is 6.42. The van der Waals surface area contributed by atoms with E-state index in [1.54, 1.807) is 30.6 Å². The van der Waals surface area contributed by atoms with Gasteiger partial charge < -0.3 is 15.2 Å². The van der Waals surface area contributed by atoms with Crippen LogP contribution < -0.4 is 10.1 Å². The Kier molecular flexibility index (Phi) is 6.26. The number of aliphatic hydroxyl groups excluding tert-OH is 1. The lowest BCUT2D eigenvalue weighted by molar-refractivity contribution is 0.106. The molecule has 0 fully saturated rings. The van der Waals surface area contributed by atoms with Crippen LogP contribution in [0.2, 0.25) is 10.0 Å². The number of aromatic nitrogens is 1. The highest BCUT2D eigenvalue weighted by atomic mass is 35.5. The third-order valence-electron chi connectivity index (χ3n) is 2.81. The molecule has 1 unspecified atom stereocenters. The van der Waals surface area contributed by atoms with Crippen molar-refractivity contribution in [3.8, 4) is 5.75 Å². The predicted molar refractivity (Wildman–Crippen MR) is 83.9 cm³/mol. The molecular weight excluding hydrogens is 311 g/mol. The number of hydrogen-bond acceptors (Lipinski definition) is 4. The fraction of sp³-hybridized carbons (Fsp3) is 0.267. The van der Waals surface area contributed by atoms with Crippen LogP contribution in [0, 0.1) is 0 Å². The third kappa shape index (κ3) is 5.17. The normalized spacial score (nSPS) is 12.1.